The predicted molar refractivity (Wildman–Crippen MR) is 84.7 cm³/mol. The molecule has 0 atom stereocenters. The lowest BCUT2D eigenvalue weighted by Gasteiger charge is -2.07. The quantitative estimate of drug-likeness (QED) is 0.687. The molecule has 0 unspecified atom stereocenters. The summed E-state index contributed by atoms with van der Waals surface area (Å²) in [7, 11) is 1.65. The number of carbonyl (C=O) groups excluding carboxylic acids is 1. The van der Waals surface area contributed by atoms with E-state index in [2.05, 4.69) is 17.6 Å². The van der Waals surface area contributed by atoms with Gasteiger partial charge in [0.05, 0.1) is 7.11 Å². The van der Waals surface area contributed by atoms with Crippen molar-refractivity contribution in [3.8, 4) is 5.75 Å². The highest BCUT2D eigenvalue weighted by Crippen LogP contribution is 2.13. The van der Waals surface area contributed by atoms with Crippen molar-refractivity contribution in [2.45, 2.75) is 26.2 Å². The summed E-state index contributed by atoms with van der Waals surface area (Å²) in [5, 5.41) is 6.16. The molecule has 0 aromatic heterocycles. The first kappa shape index (κ1) is 18.7. The van der Waals surface area contributed by atoms with E-state index in [0.717, 1.165) is 37.2 Å². The SMILES string of the molecule is CCCNCCNC(=O)CCc1cccc(OC)c1.Cl. The van der Waals surface area contributed by atoms with Crippen LogP contribution in [0.5, 0.6) is 5.75 Å². The van der Waals surface area contributed by atoms with Gasteiger partial charge in [0, 0.05) is 19.5 Å². The molecule has 0 heterocycles. The lowest BCUT2D eigenvalue weighted by Crippen LogP contribution is -2.32. The Morgan fingerprint density at radius 1 is 1.25 bits per heavy atom. The first-order valence-electron chi connectivity index (χ1n) is 6.86. The largest absolute Gasteiger partial charge is 0.497 e. The van der Waals surface area contributed by atoms with E-state index in [-0.39, 0.29) is 18.3 Å². The van der Waals surface area contributed by atoms with Gasteiger partial charge in [0.25, 0.3) is 0 Å². The van der Waals surface area contributed by atoms with Crippen LogP contribution < -0.4 is 15.4 Å². The normalized spacial score (nSPS) is 9.70. The second-order valence-electron chi connectivity index (χ2n) is 4.45. The zero-order chi connectivity index (χ0) is 13.9. The number of benzene rings is 1. The summed E-state index contributed by atoms with van der Waals surface area (Å²) in [6, 6.07) is 7.83. The van der Waals surface area contributed by atoms with Gasteiger partial charge in [0.2, 0.25) is 5.91 Å². The van der Waals surface area contributed by atoms with E-state index in [1.54, 1.807) is 7.11 Å². The lowest BCUT2D eigenvalue weighted by atomic mass is 10.1. The number of methoxy groups -OCH3 is 1. The van der Waals surface area contributed by atoms with Crippen LogP contribution in [0.1, 0.15) is 25.3 Å². The summed E-state index contributed by atoms with van der Waals surface area (Å²) < 4.78 is 5.16. The van der Waals surface area contributed by atoms with Gasteiger partial charge in [0.1, 0.15) is 5.75 Å². The minimum absolute atomic E-state index is 0. The summed E-state index contributed by atoms with van der Waals surface area (Å²) >= 11 is 0. The van der Waals surface area contributed by atoms with Crippen molar-refractivity contribution in [3.05, 3.63) is 29.8 Å². The highest BCUT2D eigenvalue weighted by molar-refractivity contribution is 5.85. The molecule has 0 bridgehead atoms. The molecule has 1 aromatic rings. The molecule has 1 aromatic carbocycles. The molecule has 0 saturated carbocycles. The molecule has 0 spiro atoms. The van der Waals surface area contributed by atoms with Crippen molar-refractivity contribution in [2.75, 3.05) is 26.7 Å². The average molecular weight is 301 g/mol. The van der Waals surface area contributed by atoms with Crippen LogP contribution in [0.15, 0.2) is 24.3 Å². The average Bonchev–Trinajstić information content (AvgIpc) is 2.45. The number of ether oxygens (including phenoxy) is 1. The van der Waals surface area contributed by atoms with Crippen molar-refractivity contribution in [1.29, 1.82) is 0 Å². The summed E-state index contributed by atoms with van der Waals surface area (Å²) in [6.45, 7) is 4.65. The summed E-state index contributed by atoms with van der Waals surface area (Å²) in [5.74, 6) is 0.933. The van der Waals surface area contributed by atoms with Crippen LogP contribution in [-0.2, 0) is 11.2 Å². The topological polar surface area (TPSA) is 50.4 Å². The van der Waals surface area contributed by atoms with E-state index in [9.17, 15) is 4.79 Å². The Bertz CT molecular complexity index is 386. The smallest absolute Gasteiger partial charge is 0.220 e. The first-order valence-corrected chi connectivity index (χ1v) is 6.86. The summed E-state index contributed by atoms with van der Waals surface area (Å²) in [5.41, 5.74) is 1.12. The zero-order valence-corrected chi connectivity index (χ0v) is 13.1. The highest BCUT2D eigenvalue weighted by Gasteiger charge is 2.02. The molecule has 4 nitrogen and oxygen atoms in total. The minimum atomic E-state index is 0. The molecule has 1 rings (SSSR count). The molecule has 1 amide bonds. The van der Waals surface area contributed by atoms with Crippen LogP contribution in [-0.4, -0.2) is 32.7 Å². The fraction of sp³-hybridized carbons (Fsp3) is 0.533. The maximum Gasteiger partial charge on any atom is 0.220 e. The fourth-order valence-corrected chi connectivity index (χ4v) is 1.77. The third-order valence-electron chi connectivity index (χ3n) is 2.83. The Morgan fingerprint density at radius 2 is 2.05 bits per heavy atom. The van der Waals surface area contributed by atoms with Gasteiger partial charge in [-0.15, -0.1) is 12.4 Å². The monoisotopic (exact) mass is 300 g/mol. The number of halogens is 1. The number of rotatable bonds is 9. The van der Waals surface area contributed by atoms with Crippen LogP contribution in [0.2, 0.25) is 0 Å². The standard InChI is InChI=1S/C15H24N2O2.ClH/c1-3-9-16-10-11-17-15(18)8-7-13-5-4-6-14(12-13)19-2;/h4-6,12,16H,3,7-11H2,1-2H3,(H,17,18);1H. The van der Waals surface area contributed by atoms with E-state index in [1.807, 2.05) is 24.3 Å². The molecule has 114 valence electrons. The van der Waals surface area contributed by atoms with Gasteiger partial charge in [-0.1, -0.05) is 19.1 Å². The number of hydrogen-bond donors (Lipinski definition) is 2. The number of hydrogen-bond acceptors (Lipinski definition) is 3. The second-order valence-corrected chi connectivity index (χ2v) is 4.45. The van der Waals surface area contributed by atoms with Crippen molar-refractivity contribution >= 4 is 18.3 Å². The van der Waals surface area contributed by atoms with Gasteiger partial charge in [-0.25, -0.2) is 0 Å². The number of nitrogens with one attached hydrogen (secondary N) is 2. The van der Waals surface area contributed by atoms with Gasteiger partial charge in [-0.2, -0.15) is 0 Å². The maximum atomic E-state index is 11.6. The third kappa shape index (κ3) is 8.02. The molecule has 0 aliphatic heterocycles. The fourth-order valence-electron chi connectivity index (χ4n) is 1.77. The van der Waals surface area contributed by atoms with E-state index in [0.29, 0.717) is 13.0 Å². The molecule has 5 heteroatoms. The van der Waals surface area contributed by atoms with E-state index >= 15 is 0 Å². The van der Waals surface area contributed by atoms with E-state index in [4.69, 9.17) is 4.74 Å². The molecule has 0 radical (unpaired) electrons. The van der Waals surface area contributed by atoms with Gasteiger partial charge in [0.15, 0.2) is 0 Å². The van der Waals surface area contributed by atoms with Crippen LogP contribution in [0.4, 0.5) is 0 Å². The first-order chi connectivity index (χ1) is 9.26. The lowest BCUT2D eigenvalue weighted by molar-refractivity contribution is -0.121. The van der Waals surface area contributed by atoms with Gasteiger partial charge >= 0.3 is 0 Å². The van der Waals surface area contributed by atoms with Crippen molar-refractivity contribution in [2.24, 2.45) is 0 Å². The van der Waals surface area contributed by atoms with Crippen molar-refractivity contribution < 1.29 is 9.53 Å². The summed E-state index contributed by atoms with van der Waals surface area (Å²) in [4.78, 5) is 11.6. The van der Waals surface area contributed by atoms with Crippen LogP contribution in [0.25, 0.3) is 0 Å². The van der Waals surface area contributed by atoms with Gasteiger partial charge in [-0.05, 0) is 37.1 Å². The molecule has 0 aliphatic rings. The Labute approximate surface area is 127 Å². The van der Waals surface area contributed by atoms with Crippen LogP contribution >= 0.6 is 12.4 Å². The van der Waals surface area contributed by atoms with Crippen molar-refractivity contribution in [3.63, 3.8) is 0 Å². The Morgan fingerprint density at radius 3 is 2.75 bits per heavy atom. The van der Waals surface area contributed by atoms with Gasteiger partial charge < -0.3 is 15.4 Å². The Balaban J connectivity index is 0.00000361. The zero-order valence-electron chi connectivity index (χ0n) is 12.3. The maximum absolute atomic E-state index is 11.6. The molecular weight excluding hydrogens is 276 g/mol. The minimum Gasteiger partial charge on any atom is -0.497 e. The summed E-state index contributed by atoms with van der Waals surface area (Å²) in [6.07, 6.45) is 2.37. The van der Waals surface area contributed by atoms with Crippen LogP contribution in [0.3, 0.4) is 0 Å². The molecule has 2 N–H and O–H groups in total. The number of amides is 1. The Hall–Kier alpha value is -1.26. The van der Waals surface area contributed by atoms with E-state index in [1.165, 1.54) is 0 Å². The third-order valence-corrected chi connectivity index (χ3v) is 2.83. The van der Waals surface area contributed by atoms with Gasteiger partial charge in [-0.3, -0.25) is 4.79 Å². The predicted octanol–water partition coefficient (Wildman–Crippen LogP) is 2.17. The molecule has 20 heavy (non-hydrogen) atoms. The van der Waals surface area contributed by atoms with E-state index < -0.39 is 0 Å². The second kappa shape index (κ2) is 11.6. The molecule has 0 fully saturated rings. The highest BCUT2D eigenvalue weighted by atomic mass is 35.5. The number of aryl methyl sites for hydroxylation is 1. The molecule has 0 saturated heterocycles. The van der Waals surface area contributed by atoms with Crippen LogP contribution in [0, 0.1) is 0 Å². The molecule has 0 aliphatic carbocycles. The molecular formula is C15H25ClN2O2. The number of carbonyl (C=O) groups is 1. The van der Waals surface area contributed by atoms with Crippen molar-refractivity contribution in [1.82, 2.24) is 10.6 Å². The Kier molecular flexibility index (Phi) is 10.8.